The molecule has 1 aromatic rings. The first-order chi connectivity index (χ1) is 5.88. The fourth-order valence-corrected chi connectivity index (χ4v) is 0.600. The van der Waals surface area contributed by atoms with Gasteiger partial charge < -0.3 is 10.5 Å². The summed E-state index contributed by atoms with van der Waals surface area (Å²) in [5.74, 6) is -1.11. The summed E-state index contributed by atoms with van der Waals surface area (Å²) >= 11 is 0. The Morgan fingerprint density at radius 3 is 2.91 bits per heavy atom. The SMILES string of the molecule is Cl.[2H]C([2H])([2H])Oc1ccc(N)cc1F. The smallest absolute Gasteiger partial charge is 0.167 e. The molecule has 11 heavy (non-hydrogen) atoms. The molecule has 0 amide bonds. The Kier molecular flexibility index (Phi) is 2.07. The highest BCUT2D eigenvalue weighted by molar-refractivity contribution is 5.85. The van der Waals surface area contributed by atoms with E-state index in [-0.39, 0.29) is 23.8 Å². The maximum Gasteiger partial charge on any atom is 0.167 e. The predicted octanol–water partition coefficient (Wildman–Crippen LogP) is 1.84. The van der Waals surface area contributed by atoms with Gasteiger partial charge in [-0.05, 0) is 12.1 Å². The Morgan fingerprint density at radius 1 is 1.64 bits per heavy atom. The molecule has 1 rings (SSSR count). The minimum atomic E-state index is -2.64. The second-order valence-electron chi connectivity index (χ2n) is 1.79. The van der Waals surface area contributed by atoms with E-state index in [1.54, 1.807) is 0 Å². The number of ether oxygens (including phenoxy) is 1. The number of anilines is 1. The monoisotopic (exact) mass is 180 g/mol. The van der Waals surface area contributed by atoms with Crippen molar-refractivity contribution in [1.82, 2.24) is 0 Å². The van der Waals surface area contributed by atoms with Gasteiger partial charge in [0.25, 0.3) is 0 Å². The number of halogens is 2. The number of hydrogen-bond acceptors (Lipinski definition) is 2. The topological polar surface area (TPSA) is 35.2 Å². The quantitative estimate of drug-likeness (QED) is 0.670. The van der Waals surface area contributed by atoms with Gasteiger partial charge >= 0.3 is 0 Å². The van der Waals surface area contributed by atoms with Crippen molar-refractivity contribution < 1.29 is 13.2 Å². The van der Waals surface area contributed by atoms with Crippen LogP contribution in [0.25, 0.3) is 0 Å². The number of methoxy groups -OCH3 is 1. The lowest BCUT2D eigenvalue weighted by Crippen LogP contribution is -1.90. The van der Waals surface area contributed by atoms with E-state index in [1.165, 1.54) is 12.1 Å². The first kappa shape index (κ1) is 5.66. The van der Waals surface area contributed by atoms with Crippen molar-refractivity contribution >= 4 is 18.1 Å². The lowest BCUT2D eigenvalue weighted by atomic mass is 10.3. The van der Waals surface area contributed by atoms with Crippen molar-refractivity contribution in [2.24, 2.45) is 0 Å². The molecule has 2 N–H and O–H groups in total. The second-order valence-corrected chi connectivity index (χ2v) is 1.79. The molecule has 2 nitrogen and oxygen atoms in total. The van der Waals surface area contributed by atoms with Crippen molar-refractivity contribution in [2.45, 2.75) is 0 Å². The molecule has 0 fully saturated rings. The minimum Gasteiger partial charge on any atom is -0.494 e. The van der Waals surface area contributed by atoms with Crippen molar-refractivity contribution in [3.63, 3.8) is 0 Å². The van der Waals surface area contributed by atoms with Crippen molar-refractivity contribution in [1.29, 1.82) is 0 Å². The van der Waals surface area contributed by atoms with Crippen molar-refractivity contribution in [3.8, 4) is 5.75 Å². The van der Waals surface area contributed by atoms with Crippen molar-refractivity contribution in [2.75, 3.05) is 12.8 Å². The largest absolute Gasteiger partial charge is 0.494 e. The van der Waals surface area contributed by atoms with E-state index >= 15 is 0 Å². The van der Waals surface area contributed by atoms with Crippen LogP contribution in [0.2, 0.25) is 0 Å². The van der Waals surface area contributed by atoms with Crippen LogP contribution < -0.4 is 10.5 Å². The van der Waals surface area contributed by atoms with E-state index in [2.05, 4.69) is 4.74 Å². The van der Waals surface area contributed by atoms with Crippen LogP contribution in [0, 0.1) is 5.82 Å². The van der Waals surface area contributed by atoms with Gasteiger partial charge in [-0.1, -0.05) is 0 Å². The van der Waals surface area contributed by atoms with Crippen LogP contribution in [0.5, 0.6) is 5.75 Å². The standard InChI is InChI=1S/C7H8FNO.ClH/c1-10-7-3-2-5(9)4-6(7)8;/h2-4H,9H2,1H3;1H/i1D3;. The minimum absolute atomic E-state index is 0. The molecular formula is C7H9ClFNO. The number of nitrogen functional groups attached to an aromatic ring is 1. The molecule has 0 heterocycles. The summed E-state index contributed by atoms with van der Waals surface area (Å²) in [6, 6.07) is 3.54. The Labute approximate surface area is 74.8 Å². The van der Waals surface area contributed by atoms with Crippen LogP contribution in [-0.4, -0.2) is 7.04 Å². The van der Waals surface area contributed by atoms with E-state index in [0.29, 0.717) is 0 Å². The van der Waals surface area contributed by atoms with Gasteiger partial charge in [0, 0.05) is 11.8 Å². The Morgan fingerprint density at radius 2 is 2.36 bits per heavy atom. The normalized spacial score (nSPS) is 13.7. The van der Waals surface area contributed by atoms with E-state index < -0.39 is 12.9 Å². The molecule has 4 heteroatoms. The van der Waals surface area contributed by atoms with Gasteiger partial charge in [-0.25, -0.2) is 4.39 Å². The van der Waals surface area contributed by atoms with E-state index in [1.807, 2.05) is 0 Å². The van der Waals surface area contributed by atoms with Crippen LogP contribution in [0.4, 0.5) is 10.1 Å². The zero-order valence-electron chi connectivity index (χ0n) is 8.50. The van der Waals surface area contributed by atoms with Crippen molar-refractivity contribution in [3.05, 3.63) is 24.0 Å². The number of nitrogens with two attached hydrogens (primary N) is 1. The van der Waals surface area contributed by atoms with Gasteiger partial charge in [0.15, 0.2) is 11.6 Å². The molecule has 62 valence electrons. The van der Waals surface area contributed by atoms with Gasteiger partial charge in [-0.2, -0.15) is 0 Å². The van der Waals surface area contributed by atoms with Gasteiger partial charge in [-0.15, -0.1) is 12.4 Å². The van der Waals surface area contributed by atoms with Crippen LogP contribution in [0.15, 0.2) is 18.2 Å². The second kappa shape index (κ2) is 4.03. The molecule has 0 bridgehead atoms. The third-order valence-corrected chi connectivity index (χ3v) is 1.07. The molecule has 0 aliphatic carbocycles. The highest BCUT2D eigenvalue weighted by Crippen LogP contribution is 2.18. The van der Waals surface area contributed by atoms with E-state index in [9.17, 15) is 4.39 Å². The predicted molar refractivity (Wildman–Crippen MR) is 44.6 cm³/mol. The van der Waals surface area contributed by atoms with E-state index in [4.69, 9.17) is 9.85 Å². The van der Waals surface area contributed by atoms with E-state index in [0.717, 1.165) is 6.07 Å². The summed E-state index contributed by atoms with van der Waals surface area (Å²) in [7, 11) is -2.64. The summed E-state index contributed by atoms with van der Waals surface area (Å²) in [4.78, 5) is 0. The fourth-order valence-electron chi connectivity index (χ4n) is 0.600. The molecule has 1 aromatic carbocycles. The average molecular weight is 181 g/mol. The maximum atomic E-state index is 12.9. The Hall–Kier alpha value is -0.960. The maximum absolute atomic E-state index is 12.9. The highest BCUT2D eigenvalue weighted by Gasteiger charge is 1.99. The third kappa shape index (κ3) is 2.27. The summed E-state index contributed by atoms with van der Waals surface area (Å²) in [6.45, 7) is 0. The summed E-state index contributed by atoms with van der Waals surface area (Å²) < 4.78 is 37.5. The van der Waals surface area contributed by atoms with Gasteiger partial charge in [0.05, 0.1) is 11.2 Å². The van der Waals surface area contributed by atoms with Crippen LogP contribution in [-0.2, 0) is 0 Å². The lowest BCUT2D eigenvalue weighted by Gasteiger charge is -2.00. The molecule has 0 saturated heterocycles. The average Bonchev–Trinajstić information content (AvgIpc) is 1.93. The number of rotatable bonds is 1. The molecule has 0 aliphatic rings. The van der Waals surface area contributed by atoms with Crippen LogP contribution >= 0.6 is 12.4 Å². The van der Waals surface area contributed by atoms with Gasteiger partial charge in [0.1, 0.15) is 0 Å². The van der Waals surface area contributed by atoms with Crippen LogP contribution in [0.1, 0.15) is 4.11 Å². The molecular weight excluding hydrogens is 169 g/mol. The number of benzene rings is 1. The molecule has 0 unspecified atom stereocenters. The molecule has 0 aliphatic heterocycles. The zero-order chi connectivity index (χ0) is 10.1. The first-order valence-electron chi connectivity index (χ1n) is 4.12. The van der Waals surface area contributed by atoms with Gasteiger partial charge in [0.2, 0.25) is 0 Å². The molecule has 0 aromatic heterocycles. The molecule has 0 atom stereocenters. The summed E-state index contributed by atoms with van der Waals surface area (Å²) in [5.41, 5.74) is 5.47. The molecule has 0 radical (unpaired) electrons. The van der Waals surface area contributed by atoms with Crippen LogP contribution in [0.3, 0.4) is 0 Å². The fraction of sp³-hybridized carbons (Fsp3) is 0.143. The number of hydrogen-bond donors (Lipinski definition) is 1. The highest BCUT2D eigenvalue weighted by atomic mass is 35.5. The Balaban J connectivity index is 0.00000169. The summed E-state index contributed by atoms with van der Waals surface area (Å²) in [5, 5.41) is 0. The third-order valence-electron chi connectivity index (χ3n) is 1.07. The van der Waals surface area contributed by atoms with Gasteiger partial charge in [-0.3, -0.25) is 0 Å². The zero-order valence-corrected chi connectivity index (χ0v) is 6.32. The Bertz CT molecular complexity index is 318. The summed E-state index contributed by atoms with van der Waals surface area (Å²) in [6.07, 6.45) is 0. The molecule has 0 spiro atoms. The lowest BCUT2D eigenvalue weighted by molar-refractivity contribution is 0.387. The molecule has 0 saturated carbocycles. The first-order valence-corrected chi connectivity index (χ1v) is 2.62.